The number of carbonyl (C=O) groups excluding carboxylic acids is 2. The molecule has 0 radical (unpaired) electrons. The number of nitrogens with one attached hydrogen (secondary N) is 5. The van der Waals surface area contributed by atoms with E-state index in [4.69, 9.17) is 14.6 Å². The molecule has 0 unspecified atom stereocenters. The number of hydrogen-bond donors (Lipinski definition) is 5. The second kappa shape index (κ2) is 22.1. The van der Waals surface area contributed by atoms with Crippen molar-refractivity contribution >= 4 is 49.2 Å². The van der Waals surface area contributed by atoms with Gasteiger partial charge in [0.15, 0.2) is 10.1 Å². The van der Waals surface area contributed by atoms with Crippen LogP contribution in [0.5, 0.6) is 11.8 Å². The Kier molecular flexibility index (Phi) is 14.8. The van der Waals surface area contributed by atoms with Gasteiger partial charge in [0, 0.05) is 61.3 Å². The molecule has 4 aromatic heterocycles. The largest absolute Gasteiger partial charge is 0.477 e. The molecule has 472 valence electrons. The fourth-order valence-electron chi connectivity index (χ4n) is 16.7. The molecule has 4 spiro atoms. The lowest BCUT2D eigenvalue weighted by atomic mass is 9.93. The van der Waals surface area contributed by atoms with Crippen LogP contribution in [-0.2, 0) is 20.0 Å². The minimum atomic E-state index is -4.34. The number of fused-ring (bicyclic) bond motifs is 8. The number of hydrogen-bond acceptors (Lipinski definition) is 16. The molecule has 20 nitrogen and oxygen atoms in total. The molecule has 4 bridgehead atoms. The summed E-state index contributed by atoms with van der Waals surface area (Å²) in [5, 5.41) is 18.5. The summed E-state index contributed by atoms with van der Waals surface area (Å²) in [6, 6.07) is 22.2. The molecule has 23 heteroatoms. The highest BCUT2D eigenvalue weighted by Gasteiger charge is 2.86. The van der Waals surface area contributed by atoms with E-state index < -0.39 is 43.2 Å². The summed E-state index contributed by atoms with van der Waals surface area (Å²) < 4.78 is 86.9. The molecular weight excluding hydrogens is 1170 g/mol. The van der Waals surface area contributed by atoms with Crippen molar-refractivity contribution in [1.82, 2.24) is 44.3 Å². The van der Waals surface area contributed by atoms with Gasteiger partial charge in [0.2, 0.25) is 11.8 Å². The van der Waals surface area contributed by atoms with Crippen molar-refractivity contribution in [3.63, 3.8) is 0 Å². The molecule has 7 heterocycles. The summed E-state index contributed by atoms with van der Waals surface area (Å²) >= 11 is 0. The standard InChI is InChI=1S/C33H41FN6O4S.C33H40N6O4S/c1-31(2)20-22(21-36-31)5-4-16-35-27-6-3-7-29(37-27)45(42,43)39-30(41)24-9-8-23(19-25(24)34)40-17-10-28(38-40)44-18-11-26-32(12-13-32)33(26)14-15-33;1-31(2)20-22-5-4-16-34-27-6-3-7-29(35-27)44(41,42)37-30(40)24-9-8-23(19-25(24)38(31)21-22)39-17-10-28(36-39)43-18-11-26-32(12-13-32)33(26)14-15-33/h3,6-10,17,19,22,26,36H,4-5,11-16,18,20-21H2,1-2H3,(H,35,37)(H,39,41);3,6-10,17,19,22,26H,4-5,11-16,18,20-21H2,1-2H3,(H,34,35)(H,37,40)/t2*22-/m00/s1. The molecule has 6 saturated carbocycles. The first kappa shape index (κ1) is 59.5. The van der Waals surface area contributed by atoms with Crippen LogP contribution in [0.2, 0.25) is 0 Å². The van der Waals surface area contributed by atoms with E-state index in [1.807, 2.05) is 23.1 Å². The average Bonchev–Trinajstić information content (AvgIpc) is 1.46. The topological polar surface area (TPSA) is 246 Å². The number of benzene rings is 2. The van der Waals surface area contributed by atoms with E-state index in [0.29, 0.717) is 100 Å². The zero-order chi connectivity index (χ0) is 61.8. The quantitative estimate of drug-likeness (QED) is 0.0502. The molecule has 15 rings (SSSR count). The van der Waals surface area contributed by atoms with Gasteiger partial charge >= 0.3 is 0 Å². The van der Waals surface area contributed by atoms with E-state index in [-0.39, 0.29) is 21.1 Å². The van der Waals surface area contributed by atoms with Crippen LogP contribution in [0.4, 0.5) is 21.7 Å². The maximum absolute atomic E-state index is 15.1. The van der Waals surface area contributed by atoms with Crippen molar-refractivity contribution in [1.29, 1.82) is 0 Å². The molecular formula is C66H81FN12O8S2. The maximum atomic E-state index is 15.1. The monoisotopic (exact) mass is 1250 g/mol. The second-order valence-corrected chi connectivity index (χ2v) is 31.4. The van der Waals surface area contributed by atoms with E-state index >= 15 is 4.39 Å². The van der Waals surface area contributed by atoms with Crippen LogP contribution in [0.15, 0.2) is 107 Å². The highest BCUT2D eigenvalue weighted by Crippen LogP contribution is 2.94. The Bertz CT molecular complexity index is 3930. The third-order valence-electron chi connectivity index (χ3n) is 21.6. The Labute approximate surface area is 520 Å². The zero-order valence-corrected chi connectivity index (χ0v) is 52.8. The Morgan fingerprint density at radius 2 is 1.39 bits per heavy atom. The van der Waals surface area contributed by atoms with Crippen molar-refractivity contribution in [3.8, 4) is 23.1 Å². The third-order valence-corrected chi connectivity index (χ3v) is 24.1. The van der Waals surface area contributed by atoms with Gasteiger partial charge < -0.3 is 30.3 Å². The van der Waals surface area contributed by atoms with Crippen LogP contribution in [-0.4, -0.2) is 109 Å². The van der Waals surface area contributed by atoms with E-state index in [9.17, 15) is 26.4 Å². The summed E-state index contributed by atoms with van der Waals surface area (Å²) in [7, 11) is -8.53. The predicted molar refractivity (Wildman–Crippen MR) is 334 cm³/mol. The lowest BCUT2D eigenvalue weighted by Gasteiger charge is -2.35. The van der Waals surface area contributed by atoms with Gasteiger partial charge in [-0.05, 0) is 237 Å². The van der Waals surface area contributed by atoms with E-state index in [2.05, 4.69) is 68.3 Å². The number of pyridine rings is 2. The first-order chi connectivity index (χ1) is 42.6. The maximum Gasteiger partial charge on any atom is 0.281 e. The molecule has 2 aromatic carbocycles. The minimum Gasteiger partial charge on any atom is -0.477 e. The molecule has 2 atom stereocenters. The van der Waals surface area contributed by atoms with Crippen LogP contribution < -0.4 is 39.8 Å². The molecule has 8 fully saturated rings. The summed E-state index contributed by atoms with van der Waals surface area (Å²) in [6.45, 7) is 13.2. The van der Waals surface area contributed by atoms with Crippen LogP contribution in [0.1, 0.15) is 151 Å². The number of halogens is 1. The van der Waals surface area contributed by atoms with Gasteiger partial charge in [0.05, 0.1) is 41.4 Å². The van der Waals surface area contributed by atoms with Crippen molar-refractivity contribution in [2.45, 2.75) is 152 Å². The van der Waals surface area contributed by atoms with E-state index in [1.165, 1.54) is 80.3 Å². The fourth-order valence-corrected chi connectivity index (χ4v) is 18.6. The number of nitrogens with zero attached hydrogens (tertiary/aromatic N) is 7. The van der Waals surface area contributed by atoms with Crippen molar-refractivity contribution in [2.24, 2.45) is 45.3 Å². The van der Waals surface area contributed by atoms with E-state index in [0.717, 1.165) is 88.0 Å². The van der Waals surface area contributed by atoms with Gasteiger partial charge in [0.25, 0.3) is 31.9 Å². The second-order valence-electron chi connectivity index (χ2n) is 28.1. The van der Waals surface area contributed by atoms with Crippen molar-refractivity contribution in [2.75, 3.05) is 54.9 Å². The van der Waals surface area contributed by atoms with Crippen LogP contribution in [0, 0.1) is 51.1 Å². The predicted octanol–water partition coefficient (Wildman–Crippen LogP) is 10.2. The molecule has 2 saturated heterocycles. The Hall–Kier alpha value is -7.11. The summed E-state index contributed by atoms with van der Waals surface area (Å²) in [5.74, 6) is 1.94. The van der Waals surface area contributed by atoms with Gasteiger partial charge in [-0.25, -0.2) is 33.2 Å². The smallest absolute Gasteiger partial charge is 0.281 e. The SMILES string of the molecule is CC1(C)C[C@@H]2CCCNc3cccc(n3)S(=O)(=O)NC(=O)c3ccc(-n4ccc(OCCC5C6(CC6)C56CC6)n4)cc3N1C2.CC1(C)C[C@H](CCCNc2cccc(S(=O)(=O)NC(=O)c3ccc(-n4ccc(OCCC5C6(CC6)C56CC6)n4)cc3F)n2)CN1. The van der Waals surface area contributed by atoms with Gasteiger partial charge in [-0.1, -0.05) is 12.1 Å². The van der Waals surface area contributed by atoms with Gasteiger partial charge in [-0.3, -0.25) is 9.59 Å². The minimum absolute atomic E-state index is 0.171. The van der Waals surface area contributed by atoms with Gasteiger partial charge in [-0.15, -0.1) is 10.2 Å². The Morgan fingerprint density at radius 1 is 0.764 bits per heavy atom. The number of aromatic nitrogens is 6. The molecule has 2 amide bonds. The Morgan fingerprint density at radius 3 is 2.01 bits per heavy atom. The first-order valence-corrected chi connectivity index (χ1v) is 35.0. The van der Waals surface area contributed by atoms with E-state index in [1.54, 1.807) is 53.3 Å². The zero-order valence-electron chi connectivity index (χ0n) is 51.2. The number of rotatable bonds is 18. The van der Waals surface area contributed by atoms with Crippen molar-refractivity contribution < 1.29 is 40.3 Å². The molecule has 3 aliphatic heterocycles. The molecule has 5 N–H and O–H groups in total. The van der Waals surface area contributed by atoms with Crippen LogP contribution >= 0.6 is 0 Å². The average molecular weight is 1250 g/mol. The fraction of sp³-hybridized carbons (Fsp3) is 0.545. The number of anilines is 3. The normalized spacial score (nSPS) is 23.7. The summed E-state index contributed by atoms with van der Waals surface area (Å²) in [6.07, 6.45) is 22.8. The van der Waals surface area contributed by atoms with Crippen LogP contribution in [0.25, 0.3) is 11.4 Å². The van der Waals surface area contributed by atoms with Gasteiger partial charge in [-0.2, -0.15) is 16.8 Å². The number of carbonyl (C=O) groups is 2. The highest BCUT2D eigenvalue weighted by molar-refractivity contribution is 7.90. The third kappa shape index (κ3) is 11.5. The summed E-state index contributed by atoms with van der Waals surface area (Å²) in [4.78, 5) is 37.2. The lowest BCUT2D eigenvalue weighted by Crippen LogP contribution is -2.40. The number of ether oxygens (including phenoxy) is 2. The van der Waals surface area contributed by atoms with Gasteiger partial charge in [0.1, 0.15) is 17.5 Å². The molecule has 9 aliphatic rings. The molecule has 6 aliphatic carbocycles. The first-order valence-electron chi connectivity index (χ1n) is 32.0. The number of sulfonamides is 2. The molecule has 6 aromatic rings. The highest BCUT2D eigenvalue weighted by atomic mass is 32.2. The van der Waals surface area contributed by atoms with Crippen LogP contribution in [0.3, 0.4) is 0 Å². The lowest BCUT2D eigenvalue weighted by molar-refractivity contribution is 0.0970. The molecule has 89 heavy (non-hydrogen) atoms. The summed E-state index contributed by atoms with van der Waals surface area (Å²) in [5.41, 5.74) is 4.32. The number of amides is 2. The Balaban J connectivity index is 0.000000156. The van der Waals surface area contributed by atoms with Crippen molar-refractivity contribution in [3.05, 3.63) is 114 Å².